The molecule has 0 fully saturated rings. The van der Waals surface area contributed by atoms with Crippen LogP contribution in [-0.2, 0) is 4.87 Å². The first-order valence-electron chi connectivity index (χ1n) is 6.79. The molecule has 1 heterocycles. The highest BCUT2D eigenvalue weighted by molar-refractivity contribution is 6.25. The van der Waals surface area contributed by atoms with Gasteiger partial charge in [0, 0.05) is 0 Å². The SMILES string of the molecule is CC(Cl)(c1ccc(F)cc1)c1ccc2[nH]c(OC(N)=O)nc2c1.Cl. The number of carbonyl (C=O) groups excluding carboxylic acids is 1. The van der Waals surface area contributed by atoms with E-state index < -0.39 is 11.0 Å². The highest BCUT2D eigenvalue weighted by Gasteiger charge is 2.26. The Kier molecular flexibility index (Phi) is 5.01. The number of nitrogens with one attached hydrogen (secondary N) is 1. The zero-order chi connectivity index (χ0) is 16.6. The molecule has 3 aromatic rings. The molecule has 5 nitrogen and oxygen atoms in total. The third-order valence-corrected chi connectivity index (χ3v) is 4.02. The standard InChI is InChI=1S/C16H13ClFN3O2.ClH/c1-16(17,9-2-5-11(18)6-3-9)10-4-7-12-13(8-10)21-15(20-12)23-14(19)22;/h2-8H,1H3,(H2,19,22)(H,20,21);1H. The largest absolute Gasteiger partial charge is 0.412 e. The van der Waals surface area contributed by atoms with Crippen molar-refractivity contribution in [3.05, 3.63) is 59.4 Å². The second-order valence-corrected chi connectivity index (χ2v) is 5.96. The number of nitrogens with zero attached hydrogens (tertiary/aromatic N) is 1. The second kappa shape index (κ2) is 6.67. The van der Waals surface area contributed by atoms with E-state index in [0.29, 0.717) is 11.0 Å². The topological polar surface area (TPSA) is 81.0 Å². The van der Waals surface area contributed by atoms with Crippen LogP contribution >= 0.6 is 24.0 Å². The molecule has 1 amide bonds. The van der Waals surface area contributed by atoms with E-state index in [4.69, 9.17) is 22.1 Å². The maximum atomic E-state index is 13.1. The summed E-state index contributed by atoms with van der Waals surface area (Å²) in [6.45, 7) is 1.82. The van der Waals surface area contributed by atoms with Crippen molar-refractivity contribution >= 4 is 41.1 Å². The van der Waals surface area contributed by atoms with Crippen molar-refractivity contribution in [2.75, 3.05) is 0 Å². The summed E-state index contributed by atoms with van der Waals surface area (Å²) in [4.78, 5) is 16.9. The number of hydrogen-bond donors (Lipinski definition) is 2. The first-order valence-corrected chi connectivity index (χ1v) is 7.16. The van der Waals surface area contributed by atoms with Crippen LogP contribution in [0.4, 0.5) is 9.18 Å². The van der Waals surface area contributed by atoms with Gasteiger partial charge in [-0.3, -0.25) is 0 Å². The van der Waals surface area contributed by atoms with E-state index in [0.717, 1.165) is 11.1 Å². The highest BCUT2D eigenvalue weighted by atomic mass is 35.5. The Morgan fingerprint density at radius 3 is 2.50 bits per heavy atom. The van der Waals surface area contributed by atoms with Crippen LogP contribution < -0.4 is 10.5 Å². The Labute approximate surface area is 148 Å². The zero-order valence-electron chi connectivity index (χ0n) is 12.5. The number of aromatic nitrogens is 2. The molecule has 0 bridgehead atoms. The summed E-state index contributed by atoms with van der Waals surface area (Å²) in [7, 11) is 0. The summed E-state index contributed by atoms with van der Waals surface area (Å²) in [5.41, 5.74) is 7.74. The lowest BCUT2D eigenvalue weighted by Gasteiger charge is -2.23. The van der Waals surface area contributed by atoms with E-state index in [1.807, 2.05) is 13.0 Å². The van der Waals surface area contributed by atoms with Gasteiger partial charge in [0.15, 0.2) is 0 Å². The number of aromatic amines is 1. The third kappa shape index (κ3) is 3.44. The molecule has 8 heteroatoms. The van der Waals surface area contributed by atoms with Crippen molar-refractivity contribution in [2.24, 2.45) is 5.73 Å². The molecule has 1 unspecified atom stereocenters. The molecule has 0 saturated heterocycles. The van der Waals surface area contributed by atoms with Crippen LogP contribution in [0.1, 0.15) is 18.1 Å². The van der Waals surface area contributed by atoms with E-state index in [2.05, 4.69) is 9.97 Å². The van der Waals surface area contributed by atoms with Gasteiger partial charge in [-0.05, 0) is 42.3 Å². The van der Waals surface area contributed by atoms with Crippen molar-refractivity contribution in [1.82, 2.24) is 9.97 Å². The quantitative estimate of drug-likeness (QED) is 0.682. The van der Waals surface area contributed by atoms with Crippen LogP contribution in [0.2, 0.25) is 0 Å². The molecular formula is C16H14Cl2FN3O2. The zero-order valence-corrected chi connectivity index (χ0v) is 14.1. The molecule has 24 heavy (non-hydrogen) atoms. The minimum Gasteiger partial charge on any atom is -0.376 e. The molecule has 126 valence electrons. The smallest absolute Gasteiger partial charge is 0.376 e. The van der Waals surface area contributed by atoms with E-state index in [1.54, 1.807) is 24.3 Å². The second-order valence-electron chi connectivity index (χ2n) is 5.20. The molecule has 0 aliphatic rings. The number of fused-ring (bicyclic) bond motifs is 1. The molecule has 0 saturated carbocycles. The first kappa shape index (κ1) is 18.0. The molecule has 3 rings (SSSR count). The number of alkyl halides is 1. The Balaban J connectivity index is 0.00000208. The number of ether oxygens (including phenoxy) is 1. The van der Waals surface area contributed by atoms with Gasteiger partial charge in [0.05, 0.1) is 15.9 Å². The lowest BCUT2D eigenvalue weighted by Crippen LogP contribution is -2.16. The minimum absolute atomic E-state index is 0. The van der Waals surface area contributed by atoms with E-state index >= 15 is 0 Å². The molecule has 3 N–H and O–H groups in total. The van der Waals surface area contributed by atoms with Crippen LogP contribution in [0.25, 0.3) is 11.0 Å². The highest BCUT2D eigenvalue weighted by Crippen LogP contribution is 2.37. The van der Waals surface area contributed by atoms with Crippen LogP contribution in [0, 0.1) is 5.82 Å². The summed E-state index contributed by atoms with van der Waals surface area (Å²) in [5, 5.41) is 0. The maximum Gasteiger partial charge on any atom is 0.412 e. The fourth-order valence-electron chi connectivity index (χ4n) is 2.35. The number of halogens is 3. The average molecular weight is 370 g/mol. The molecule has 0 aliphatic heterocycles. The first-order chi connectivity index (χ1) is 10.9. The van der Waals surface area contributed by atoms with Gasteiger partial charge in [0.2, 0.25) is 0 Å². The minimum atomic E-state index is -0.947. The predicted molar refractivity (Wildman–Crippen MR) is 92.3 cm³/mol. The third-order valence-electron chi connectivity index (χ3n) is 3.59. The van der Waals surface area contributed by atoms with Gasteiger partial charge in [-0.25, -0.2) is 9.18 Å². The number of nitrogens with two attached hydrogens (primary N) is 1. The van der Waals surface area contributed by atoms with Crippen molar-refractivity contribution < 1.29 is 13.9 Å². The summed E-state index contributed by atoms with van der Waals surface area (Å²) < 4.78 is 17.8. The normalized spacial score (nSPS) is 13.1. The number of imidazole rings is 1. The molecule has 0 radical (unpaired) electrons. The van der Waals surface area contributed by atoms with Crippen molar-refractivity contribution in [3.8, 4) is 6.01 Å². The lowest BCUT2D eigenvalue weighted by molar-refractivity contribution is 0.207. The number of primary amides is 1. The van der Waals surface area contributed by atoms with Gasteiger partial charge < -0.3 is 15.5 Å². The monoisotopic (exact) mass is 369 g/mol. The predicted octanol–water partition coefficient (Wildman–Crippen LogP) is 4.08. The number of carbonyl (C=O) groups is 1. The summed E-state index contributed by atoms with van der Waals surface area (Å²) in [6.07, 6.45) is -0.947. The van der Waals surface area contributed by atoms with Gasteiger partial charge in [-0.15, -0.1) is 24.0 Å². The maximum absolute atomic E-state index is 13.1. The Morgan fingerprint density at radius 1 is 1.25 bits per heavy atom. The summed E-state index contributed by atoms with van der Waals surface area (Å²) >= 11 is 6.67. The summed E-state index contributed by atoms with van der Waals surface area (Å²) in [5.74, 6) is -0.322. The average Bonchev–Trinajstić information content (AvgIpc) is 2.87. The van der Waals surface area contributed by atoms with Gasteiger partial charge in [0.1, 0.15) is 5.82 Å². The fraction of sp³-hybridized carbons (Fsp3) is 0.125. The number of amides is 1. The van der Waals surface area contributed by atoms with Crippen LogP contribution in [0.15, 0.2) is 42.5 Å². The van der Waals surface area contributed by atoms with Crippen LogP contribution in [0.3, 0.4) is 0 Å². The molecule has 1 atom stereocenters. The van der Waals surface area contributed by atoms with Crippen LogP contribution in [0.5, 0.6) is 6.01 Å². The van der Waals surface area contributed by atoms with Crippen molar-refractivity contribution in [2.45, 2.75) is 11.8 Å². The Morgan fingerprint density at radius 2 is 1.88 bits per heavy atom. The molecule has 2 aromatic carbocycles. The van der Waals surface area contributed by atoms with Crippen LogP contribution in [-0.4, -0.2) is 16.1 Å². The number of H-pyrrole nitrogens is 1. The van der Waals surface area contributed by atoms with Gasteiger partial charge >= 0.3 is 12.1 Å². The Hall–Kier alpha value is -2.31. The molecule has 0 aliphatic carbocycles. The molecule has 1 aromatic heterocycles. The number of hydrogen-bond acceptors (Lipinski definition) is 3. The molecular weight excluding hydrogens is 356 g/mol. The van der Waals surface area contributed by atoms with E-state index in [-0.39, 0.29) is 24.2 Å². The lowest BCUT2D eigenvalue weighted by atomic mass is 9.92. The van der Waals surface area contributed by atoms with Gasteiger partial charge in [-0.2, -0.15) is 4.98 Å². The Bertz CT molecular complexity index is 879. The van der Waals surface area contributed by atoms with Gasteiger partial charge in [0.25, 0.3) is 0 Å². The van der Waals surface area contributed by atoms with Gasteiger partial charge in [-0.1, -0.05) is 18.2 Å². The van der Waals surface area contributed by atoms with E-state index in [1.165, 1.54) is 12.1 Å². The van der Waals surface area contributed by atoms with Crippen molar-refractivity contribution in [3.63, 3.8) is 0 Å². The summed E-state index contributed by atoms with van der Waals surface area (Å²) in [6, 6.07) is 11.4. The van der Waals surface area contributed by atoms with E-state index in [9.17, 15) is 9.18 Å². The fourth-order valence-corrected chi connectivity index (χ4v) is 2.59. The number of benzene rings is 2. The van der Waals surface area contributed by atoms with Crippen molar-refractivity contribution in [1.29, 1.82) is 0 Å². The molecule has 0 spiro atoms. The number of rotatable bonds is 3.